The number of hydrogen-bond donors (Lipinski definition) is 1. The van der Waals surface area contributed by atoms with Gasteiger partial charge in [-0.25, -0.2) is 0 Å². The van der Waals surface area contributed by atoms with Crippen LogP contribution in [0.3, 0.4) is 0 Å². The fraction of sp³-hybridized carbons (Fsp3) is 0.500. The summed E-state index contributed by atoms with van der Waals surface area (Å²) in [6, 6.07) is 5.51. The maximum Gasteiger partial charge on any atom is 0.118 e. The fourth-order valence-electron chi connectivity index (χ4n) is 1.59. The highest BCUT2D eigenvalue weighted by atomic mass is 16.6. The summed E-state index contributed by atoms with van der Waals surface area (Å²) in [5, 5.41) is 9.56. The van der Waals surface area contributed by atoms with Crippen molar-refractivity contribution in [3.8, 4) is 5.75 Å². The van der Waals surface area contributed by atoms with Crippen molar-refractivity contribution in [1.82, 2.24) is 0 Å². The molecule has 0 unspecified atom stereocenters. The largest absolute Gasteiger partial charge is 0.508 e. The fourth-order valence-corrected chi connectivity index (χ4v) is 1.59. The van der Waals surface area contributed by atoms with Crippen molar-refractivity contribution in [1.29, 1.82) is 0 Å². The number of ether oxygens (including phenoxy) is 2. The second-order valence-electron chi connectivity index (χ2n) is 3.92. The van der Waals surface area contributed by atoms with Crippen LogP contribution in [0.1, 0.15) is 24.2 Å². The van der Waals surface area contributed by atoms with E-state index >= 15 is 0 Å². The summed E-state index contributed by atoms with van der Waals surface area (Å²) in [4.78, 5) is 0. The van der Waals surface area contributed by atoms with Gasteiger partial charge in [0.2, 0.25) is 0 Å². The van der Waals surface area contributed by atoms with E-state index in [2.05, 4.69) is 0 Å². The highest BCUT2D eigenvalue weighted by Crippen LogP contribution is 2.27. The van der Waals surface area contributed by atoms with E-state index in [0.29, 0.717) is 12.4 Å². The molecule has 15 heavy (non-hydrogen) atoms. The number of benzene rings is 1. The van der Waals surface area contributed by atoms with Gasteiger partial charge >= 0.3 is 0 Å². The van der Waals surface area contributed by atoms with Crippen LogP contribution in [0.15, 0.2) is 18.2 Å². The molecule has 1 aliphatic rings. The molecule has 3 nitrogen and oxygen atoms in total. The van der Waals surface area contributed by atoms with Gasteiger partial charge in [0.25, 0.3) is 0 Å². The summed E-state index contributed by atoms with van der Waals surface area (Å²) in [6.45, 7) is 5.34. The molecule has 82 valence electrons. The van der Waals surface area contributed by atoms with Gasteiger partial charge in [0.1, 0.15) is 11.9 Å². The molecular formula is C12H16O3. The number of epoxide rings is 1. The van der Waals surface area contributed by atoms with E-state index in [-0.39, 0.29) is 12.2 Å². The molecule has 0 aliphatic carbocycles. The van der Waals surface area contributed by atoms with Crippen LogP contribution < -0.4 is 0 Å². The third-order valence-corrected chi connectivity index (χ3v) is 2.72. The van der Waals surface area contributed by atoms with Gasteiger partial charge in [0, 0.05) is 0 Å². The smallest absolute Gasteiger partial charge is 0.118 e. The third-order valence-electron chi connectivity index (χ3n) is 2.72. The van der Waals surface area contributed by atoms with Crippen LogP contribution in [0.2, 0.25) is 0 Å². The molecule has 1 saturated heterocycles. The lowest BCUT2D eigenvalue weighted by Crippen LogP contribution is -2.07. The Balaban J connectivity index is 2.02. The SMILES string of the molecule is Cc1c(O)cccc1[C@@H](C)OC[C@H]1CO1. The first kappa shape index (κ1) is 10.5. The molecule has 1 heterocycles. The standard InChI is InChI=1S/C12H16O3/c1-8-11(4-3-5-12(8)13)9(2)14-6-10-7-15-10/h3-5,9-10,13H,6-7H2,1-2H3/t9-,10+/m1/s1. The summed E-state index contributed by atoms with van der Waals surface area (Å²) in [7, 11) is 0. The van der Waals surface area contributed by atoms with Crippen LogP contribution in [0.4, 0.5) is 0 Å². The Bertz CT molecular complexity index is 345. The summed E-state index contributed by atoms with van der Waals surface area (Å²) in [5.41, 5.74) is 1.93. The van der Waals surface area contributed by atoms with Crippen molar-refractivity contribution in [3.05, 3.63) is 29.3 Å². The molecule has 1 aromatic rings. The zero-order chi connectivity index (χ0) is 10.8. The van der Waals surface area contributed by atoms with Gasteiger partial charge in [-0.2, -0.15) is 0 Å². The van der Waals surface area contributed by atoms with E-state index in [1.54, 1.807) is 6.07 Å². The third kappa shape index (κ3) is 2.49. The normalized spacial score (nSPS) is 21.3. The van der Waals surface area contributed by atoms with Crippen LogP contribution in [0.25, 0.3) is 0 Å². The predicted molar refractivity (Wildman–Crippen MR) is 57.0 cm³/mol. The molecule has 2 rings (SSSR count). The second-order valence-corrected chi connectivity index (χ2v) is 3.92. The van der Waals surface area contributed by atoms with Crippen LogP contribution in [0.5, 0.6) is 5.75 Å². The quantitative estimate of drug-likeness (QED) is 0.771. The van der Waals surface area contributed by atoms with Crippen LogP contribution in [-0.4, -0.2) is 24.4 Å². The average Bonchev–Trinajstić information content (AvgIpc) is 3.02. The van der Waals surface area contributed by atoms with E-state index in [0.717, 1.165) is 17.7 Å². The molecular weight excluding hydrogens is 192 g/mol. The molecule has 1 fully saturated rings. The molecule has 0 aromatic heterocycles. The molecule has 2 atom stereocenters. The molecule has 0 radical (unpaired) electrons. The van der Waals surface area contributed by atoms with E-state index in [1.165, 1.54) is 0 Å². The van der Waals surface area contributed by atoms with Gasteiger partial charge in [-0.3, -0.25) is 0 Å². The summed E-state index contributed by atoms with van der Waals surface area (Å²) >= 11 is 0. The molecule has 0 spiro atoms. The van der Waals surface area contributed by atoms with Crippen molar-refractivity contribution >= 4 is 0 Å². The van der Waals surface area contributed by atoms with E-state index in [4.69, 9.17) is 9.47 Å². The summed E-state index contributed by atoms with van der Waals surface area (Å²) < 4.78 is 10.7. The molecule has 1 N–H and O–H groups in total. The Morgan fingerprint density at radius 2 is 2.33 bits per heavy atom. The minimum absolute atomic E-state index is 0.00120. The van der Waals surface area contributed by atoms with Crippen molar-refractivity contribution in [3.63, 3.8) is 0 Å². The lowest BCUT2D eigenvalue weighted by Gasteiger charge is -2.15. The first-order valence-corrected chi connectivity index (χ1v) is 5.20. The molecule has 3 heteroatoms. The van der Waals surface area contributed by atoms with Crippen LogP contribution in [-0.2, 0) is 9.47 Å². The minimum atomic E-state index is 0.00120. The van der Waals surface area contributed by atoms with Gasteiger partial charge < -0.3 is 14.6 Å². The zero-order valence-corrected chi connectivity index (χ0v) is 9.06. The van der Waals surface area contributed by atoms with E-state index in [1.807, 2.05) is 26.0 Å². The molecule has 1 aliphatic heterocycles. The number of hydrogen-bond acceptors (Lipinski definition) is 3. The number of phenols is 1. The average molecular weight is 208 g/mol. The lowest BCUT2D eigenvalue weighted by atomic mass is 10.0. The van der Waals surface area contributed by atoms with Gasteiger partial charge in [0.05, 0.1) is 19.3 Å². The first-order valence-electron chi connectivity index (χ1n) is 5.20. The van der Waals surface area contributed by atoms with Crippen molar-refractivity contribution in [2.24, 2.45) is 0 Å². The van der Waals surface area contributed by atoms with Crippen LogP contribution in [0, 0.1) is 6.92 Å². The van der Waals surface area contributed by atoms with Gasteiger partial charge in [-0.1, -0.05) is 12.1 Å². The Hall–Kier alpha value is -1.06. The van der Waals surface area contributed by atoms with Crippen molar-refractivity contribution in [2.45, 2.75) is 26.1 Å². The lowest BCUT2D eigenvalue weighted by molar-refractivity contribution is 0.0534. The molecule has 0 saturated carbocycles. The zero-order valence-electron chi connectivity index (χ0n) is 9.06. The Morgan fingerprint density at radius 1 is 1.60 bits per heavy atom. The van der Waals surface area contributed by atoms with E-state index < -0.39 is 0 Å². The first-order chi connectivity index (χ1) is 7.18. The summed E-state index contributed by atoms with van der Waals surface area (Å²) in [6.07, 6.45) is 0.284. The number of rotatable bonds is 4. The highest BCUT2D eigenvalue weighted by Gasteiger charge is 2.24. The van der Waals surface area contributed by atoms with Gasteiger partial charge in [-0.15, -0.1) is 0 Å². The van der Waals surface area contributed by atoms with Crippen LogP contribution >= 0.6 is 0 Å². The van der Waals surface area contributed by atoms with Gasteiger partial charge in [-0.05, 0) is 31.0 Å². The summed E-state index contributed by atoms with van der Waals surface area (Å²) in [5.74, 6) is 0.325. The van der Waals surface area contributed by atoms with Crippen molar-refractivity contribution < 1.29 is 14.6 Å². The molecule has 0 amide bonds. The predicted octanol–water partition coefficient (Wildman–Crippen LogP) is 2.18. The number of aromatic hydroxyl groups is 1. The Morgan fingerprint density at radius 3 is 3.00 bits per heavy atom. The Kier molecular flexibility index (Phi) is 2.93. The van der Waals surface area contributed by atoms with Gasteiger partial charge in [0.15, 0.2) is 0 Å². The molecule has 0 bridgehead atoms. The monoisotopic (exact) mass is 208 g/mol. The Labute approximate surface area is 89.6 Å². The van der Waals surface area contributed by atoms with Crippen molar-refractivity contribution in [2.75, 3.05) is 13.2 Å². The maximum absolute atomic E-state index is 9.56. The highest BCUT2D eigenvalue weighted by molar-refractivity contribution is 5.39. The number of phenolic OH excluding ortho intramolecular Hbond substituents is 1. The second kappa shape index (κ2) is 4.21. The topological polar surface area (TPSA) is 42.0 Å². The maximum atomic E-state index is 9.56. The molecule has 1 aromatic carbocycles. The van der Waals surface area contributed by atoms with E-state index in [9.17, 15) is 5.11 Å². The minimum Gasteiger partial charge on any atom is -0.508 e.